The number of fused-ring (bicyclic) bond motifs is 4. The van der Waals surface area contributed by atoms with Gasteiger partial charge in [0.25, 0.3) is 0 Å². The highest BCUT2D eigenvalue weighted by atomic mass is 16.6. The van der Waals surface area contributed by atoms with Gasteiger partial charge in [0.15, 0.2) is 0 Å². The molecule has 0 aromatic carbocycles. The van der Waals surface area contributed by atoms with E-state index >= 15 is 0 Å². The van der Waals surface area contributed by atoms with E-state index in [1.807, 2.05) is 13.8 Å². The molecule has 4 bridgehead atoms. The Morgan fingerprint density at radius 3 is 1.32 bits per heavy atom. The summed E-state index contributed by atoms with van der Waals surface area (Å²) < 4.78 is 21.2. The quantitative estimate of drug-likeness (QED) is 0.452. The maximum atomic E-state index is 9.54. The van der Waals surface area contributed by atoms with Gasteiger partial charge in [0.05, 0.1) is 38.6 Å². The molecule has 4 aliphatic rings. The Morgan fingerprint density at radius 2 is 1.18 bits per heavy atom. The van der Waals surface area contributed by atoms with Crippen molar-refractivity contribution in [1.29, 1.82) is 0 Å². The fourth-order valence-corrected chi connectivity index (χ4v) is 3.65. The molecule has 0 aromatic rings. The monoisotopic (exact) mass is 320 g/mol. The van der Waals surface area contributed by atoms with E-state index in [9.17, 15) is 10.2 Å². The van der Waals surface area contributed by atoms with Crippen molar-refractivity contribution in [2.45, 2.75) is 61.7 Å². The predicted molar refractivity (Wildman–Crippen MR) is 72.2 cm³/mol. The number of aliphatic hydroxyl groups is 4. The zero-order valence-electron chi connectivity index (χ0n) is 12.7. The Kier molecular flexibility index (Phi) is 4.24. The van der Waals surface area contributed by atoms with Crippen molar-refractivity contribution in [3.05, 3.63) is 0 Å². The Labute approximate surface area is 128 Å². The minimum atomic E-state index is -0.829. The normalized spacial score (nSPS) is 55.4. The van der Waals surface area contributed by atoms with Gasteiger partial charge in [-0.15, -0.1) is 0 Å². The minimum Gasteiger partial charge on any atom is -0.393 e. The minimum absolute atomic E-state index is 0.106. The van der Waals surface area contributed by atoms with Gasteiger partial charge in [-0.3, -0.25) is 0 Å². The molecular formula is C14H24O8. The summed E-state index contributed by atoms with van der Waals surface area (Å²) in [7, 11) is 0. The first kappa shape index (κ1) is 16.5. The van der Waals surface area contributed by atoms with Gasteiger partial charge in [0, 0.05) is 0 Å². The largest absolute Gasteiger partial charge is 0.393 e. The summed E-state index contributed by atoms with van der Waals surface area (Å²) in [5.41, 5.74) is -1.66. The first-order valence-electron chi connectivity index (χ1n) is 7.56. The van der Waals surface area contributed by atoms with Gasteiger partial charge in [-0.2, -0.15) is 0 Å². The van der Waals surface area contributed by atoms with Crippen molar-refractivity contribution in [2.24, 2.45) is 0 Å². The van der Waals surface area contributed by atoms with Crippen LogP contribution in [0.2, 0.25) is 0 Å². The lowest BCUT2D eigenvalue weighted by Gasteiger charge is -2.26. The van der Waals surface area contributed by atoms with Crippen molar-refractivity contribution in [2.75, 3.05) is 26.4 Å². The third kappa shape index (κ3) is 2.22. The number of hydrogen-bond donors (Lipinski definition) is 4. The molecular weight excluding hydrogens is 296 g/mol. The van der Waals surface area contributed by atoms with Crippen molar-refractivity contribution < 1.29 is 39.4 Å². The SMILES string of the molecule is CC1OC2(CO)CO[C@H]1C2O.C[C@@H]1O[C@@]2(CO)CO[C@H]1C2O. The van der Waals surface area contributed by atoms with Crippen LogP contribution in [0.4, 0.5) is 0 Å². The summed E-state index contributed by atoms with van der Waals surface area (Å²) in [6.07, 6.45) is -2.04. The number of aliphatic hydroxyl groups excluding tert-OH is 4. The third-order valence-electron chi connectivity index (χ3n) is 5.04. The first-order valence-corrected chi connectivity index (χ1v) is 7.56. The average molecular weight is 320 g/mol. The fraction of sp³-hybridized carbons (Fsp3) is 1.00. The molecule has 0 aliphatic carbocycles. The van der Waals surface area contributed by atoms with Crippen LogP contribution < -0.4 is 0 Å². The lowest BCUT2D eigenvalue weighted by molar-refractivity contribution is -0.155. The maximum Gasteiger partial charge on any atom is 0.143 e. The second-order valence-electron chi connectivity index (χ2n) is 6.53. The van der Waals surface area contributed by atoms with Crippen LogP contribution in [-0.4, -0.2) is 94.7 Å². The van der Waals surface area contributed by atoms with E-state index in [1.165, 1.54) is 0 Å². The van der Waals surface area contributed by atoms with Crippen molar-refractivity contribution in [3.8, 4) is 0 Å². The molecule has 4 saturated heterocycles. The summed E-state index contributed by atoms with van der Waals surface area (Å²) >= 11 is 0. The molecule has 0 radical (unpaired) electrons. The predicted octanol–water partition coefficient (Wildman–Crippen LogP) is -2.21. The Balaban J connectivity index is 0.000000131. The zero-order chi connectivity index (χ0) is 16.1. The van der Waals surface area contributed by atoms with E-state index in [1.54, 1.807) is 0 Å². The highest BCUT2D eigenvalue weighted by Crippen LogP contribution is 2.40. The topological polar surface area (TPSA) is 118 Å². The highest BCUT2D eigenvalue weighted by molar-refractivity contribution is 5.07. The molecule has 0 saturated carbocycles. The van der Waals surface area contributed by atoms with Crippen LogP contribution in [0.25, 0.3) is 0 Å². The number of hydrogen-bond acceptors (Lipinski definition) is 8. The van der Waals surface area contributed by atoms with Gasteiger partial charge in [-0.25, -0.2) is 0 Å². The van der Waals surface area contributed by atoms with Crippen LogP contribution in [0.15, 0.2) is 0 Å². The molecule has 4 fully saturated rings. The van der Waals surface area contributed by atoms with Gasteiger partial charge in [0.1, 0.15) is 35.6 Å². The molecule has 0 aromatic heterocycles. The second kappa shape index (κ2) is 5.64. The average Bonchev–Trinajstić information content (AvgIpc) is 3.15. The summed E-state index contributed by atoms with van der Waals surface area (Å²) in [5.74, 6) is 0. The molecule has 22 heavy (non-hydrogen) atoms. The Morgan fingerprint density at radius 1 is 0.818 bits per heavy atom. The first-order chi connectivity index (χ1) is 10.4. The fourth-order valence-electron chi connectivity index (χ4n) is 3.65. The zero-order valence-corrected chi connectivity index (χ0v) is 12.7. The molecule has 0 amide bonds. The van der Waals surface area contributed by atoms with Crippen LogP contribution >= 0.6 is 0 Å². The van der Waals surface area contributed by atoms with Crippen molar-refractivity contribution >= 4 is 0 Å². The van der Waals surface area contributed by atoms with Crippen LogP contribution in [0.1, 0.15) is 13.8 Å². The molecule has 8 heteroatoms. The van der Waals surface area contributed by atoms with E-state index in [0.717, 1.165) is 0 Å². The van der Waals surface area contributed by atoms with Gasteiger partial charge in [-0.05, 0) is 13.8 Å². The molecule has 8 nitrogen and oxygen atoms in total. The van der Waals surface area contributed by atoms with Crippen molar-refractivity contribution in [3.63, 3.8) is 0 Å². The van der Waals surface area contributed by atoms with Gasteiger partial charge >= 0.3 is 0 Å². The van der Waals surface area contributed by atoms with Gasteiger partial charge in [0.2, 0.25) is 0 Å². The number of ether oxygens (including phenoxy) is 4. The highest BCUT2D eigenvalue weighted by Gasteiger charge is 2.60. The smallest absolute Gasteiger partial charge is 0.143 e. The lowest BCUT2D eigenvalue weighted by atomic mass is 10.0. The molecule has 128 valence electrons. The van der Waals surface area contributed by atoms with E-state index < -0.39 is 23.4 Å². The Hall–Kier alpha value is -0.320. The summed E-state index contributed by atoms with van der Waals surface area (Å²) in [6, 6.07) is 0. The van der Waals surface area contributed by atoms with E-state index in [-0.39, 0.29) is 37.6 Å². The second-order valence-corrected chi connectivity index (χ2v) is 6.53. The van der Waals surface area contributed by atoms with Crippen molar-refractivity contribution in [1.82, 2.24) is 0 Å². The van der Waals surface area contributed by atoms with Gasteiger partial charge in [-0.1, -0.05) is 0 Å². The molecule has 0 spiro atoms. The summed E-state index contributed by atoms with van der Waals surface area (Å²) in [4.78, 5) is 0. The lowest BCUT2D eigenvalue weighted by Crippen LogP contribution is -2.44. The Bertz CT molecular complexity index is 382. The number of rotatable bonds is 2. The standard InChI is InChI=1S/2C7H12O4/c2*1-4-5-6(9)7(2-8,11-4)3-10-5/h2*4-6,8-9H,2-3H2,1H3/t4?,5-,6?,7?;4-,5+,6?,7-/m10/s1. The van der Waals surface area contributed by atoms with Crippen LogP contribution in [0.3, 0.4) is 0 Å². The molecule has 4 rings (SSSR count). The van der Waals surface area contributed by atoms with E-state index in [2.05, 4.69) is 0 Å². The molecule has 8 atom stereocenters. The van der Waals surface area contributed by atoms with E-state index in [4.69, 9.17) is 29.2 Å². The molecule has 4 unspecified atom stereocenters. The molecule has 4 aliphatic heterocycles. The van der Waals surface area contributed by atoms with Crippen LogP contribution in [-0.2, 0) is 18.9 Å². The summed E-state index contributed by atoms with van der Waals surface area (Å²) in [5, 5.41) is 37.0. The van der Waals surface area contributed by atoms with Crippen LogP contribution in [0.5, 0.6) is 0 Å². The summed E-state index contributed by atoms with van der Waals surface area (Å²) in [6.45, 7) is 3.94. The van der Waals surface area contributed by atoms with Crippen LogP contribution in [0, 0.1) is 0 Å². The molecule has 4 N–H and O–H groups in total. The maximum absolute atomic E-state index is 9.54. The van der Waals surface area contributed by atoms with E-state index in [0.29, 0.717) is 13.2 Å². The van der Waals surface area contributed by atoms with Gasteiger partial charge < -0.3 is 39.4 Å². The third-order valence-corrected chi connectivity index (χ3v) is 5.04. The molecule has 4 heterocycles.